The summed E-state index contributed by atoms with van der Waals surface area (Å²) in [4.78, 5) is 4.46. The molecule has 0 saturated heterocycles. The Balaban J connectivity index is 2.04. The van der Waals surface area contributed by atoms with Crippen molar-refractivity contribution in [2.75, 3.05) is 12.3 Å². The number of hydrogen-bond donors (Lipinski definition) is 1. The van der Waals surface area contributed by atoms with Gasteiger partial charge in [-0.3, -0.25) is 0 Å². The molecule has 3 rings (SSSR count). The maximum Gasteiger partial charge on any atom is 0.201 e. The average Bonchev–Trinajstić information content (AvgIpc) is 2.79. The monoisotopic (exact) mass is 281 g/mol. The highest BCUT2D eigenvalue weighted by Gasteiger charge is 2.12. The van der Waals surface area contributed by atoms with Crippen LogP contribution in [-0.4, -0.2) is 16.2 Å². The van der Waals surface area contributed by atoms with Crippen LogP contribution < -0.4 is 10.5 Å². The molecule has 4 heteroatoms. The average molecular weight is 281 g/mol. The Bertz CT molecular complexity index is 760. The summed E-state index contributed by atoms with van der Waals surface area (Å²) in [6, 6.07) is 14.4. The van der Waals surface area contributed by atoms with Crippen molar-refractivity contribution in [1.29, 1.82) is 0 Å². The molecule has 4 nitrogen and oxygen atoms in total. The molecule has 0 saturated carbocycles. The number of anilines is 1. The van der Waals surface area contributed by atoms with Gasteiger partial charge in [0.15, 0.2) is 0 Å². The van der Waals surface area contributed by atoms with E-state index in [0.717, 1.165) is 16.8 Å². The first-order valence-electron chi connectivity index (χ1n) is 7.12. The summed E-state index contributed by atoms with van der Waals surface area (Å²) >= 11 is 0. The molecule has 0 atom stereocenters. The van der Waals surface area contributed by atoms with Crippen molar-refractivity contribution in [2.45, 2.75) is 20.4 Å². The summed E-state index contributed by atoms with van der Waals surface area (Å²) in [6.07, 6.45) is 0. The van der Waals surface area contributed by atoms with Gasteiger partial charge in [0.05, 0.1) is 18.7 Å². The molecule has 0 fully saturated rings. The molecule has 0 aliphatic heterocycles. The first-order chi connectivity index (χ1) is 10.2. The molecule has 108 valence electrons. The molecule has 2 aromatic carbocycles. The normalized spacial score (nSPS) is 11.0. The van der Waals surface area contributed by atoms with E-state index in [4.69, 9.17) is 10.5 Å². The number of nitrogens with zero attached hydrogens (tertiary/aromatic N) is 2. The molecule has 21 heavy (non-hydrogen) atoms. The first-order valence-corrected chi connectivity index (χ1v) is 7.12. The van der Waals surface area contributed by atoms with Gasteiger partial charge >= 0.3 is 0 Å². The highest BCUT2D eigenvalue weighted by molar-refractivity contribution is 5.84. The van der Waals surface area contributed by atoms with Crippen molar-refractivity contribution >= 4 is 17.0 Å². The third-order valence-electron chi connectivity index (χ3n) is 3.53. The van der Waals surface area contributed by atoms with Crippen molar-refractivity contribution in [2.24, 2.45) is 0 Å². The number of benzene rings is 2. The summed E-state index contributed by atoms with van der Waals surface area (Å²) in [5.41, 5.74) is 10.4. The number of aromatic nitrogens is 2. The molecule has 1 heterocycles. The highest BCUT2D eigenvalue weighted by atomic mass is 16.5. The first kappa shape index (κ1) is 13.5. The number of ether oxygens (including phenoxy) is 1. The lowest BCUT2D eigenvalue weighted by Gasteiger charge is -2.08. The van der Waals surface area contributed by atoms with E-state index in [2.05, 4.69) is 36.2 Å². The molecular weight excluding hydrogens is 262 g/mol. The van der Waals surface area contributed by atoms with Gasteiger partial charge in [-0.15, -0.1) is 0 Å². The third kappa shape index (κ3) is 2.57. The van der Waals surface area contributed by atoms with Crippen LogP contribution in [0.15, 0.2) is 42.5 Å². The quantitative estimate of drug-likeness (QED) is 0.797. The fourth-order valence-corrected chi connectivity index (χ4v) is 2.45. The maximum absolute atomic E-state index is 6.09. The maximum atomic E-state index is 6.09. The molecule has 0 aliphatic rings. The second kappa shape index (κ2) is 5.48. The Hall–Kier alpha value is -2.49. The summed E-state index contributed by atoms with van der Waals surface area (Å²) in [5.74, 6) is 1.29. The van der Waals surface area contributed by atoms with Crippen LogP contribution in [0.25, 0.3) is 11.0 Å². The lowest BCUT2D eigenvalue weighted by atomic mass is 10.1. The van der Waals surface area contributed by atoms with Crippen LogP contribution in [0.1, 0.15) is 18.1 Å². The van der Waals surface area contributed by atoms with E-state index in [1.807, 2.05) is 29.7 Å². The minimum absolute atomic E-state index is 0.512. The van der Waals surface area contributed by atoms with E-state index in [1.165, 1.54) is 11.1 Å². The van der Waals surface area contributed by atoms with Crippen LogP contribution in [0.2, 0.25) is 0 Å². The van der Waals surface area contributed by atoms with Gasteiger partial charge in [-0.05, 0) is 31.5 Å². The standard InChI is InChI=1S/C17H19N3O/c1-3-21-15-6-4-5-14-16(15)19-17(18)20(14)11-13-9-7-12(2)8-10-13/h4-10H,3,11H2,1-2H3,(H2,18,19). The molecular formula is C17H19N3O. The van der Waals surface area contributed by atoms with Crippen LogP contribution in [0, 0.1) is 6.92 Å². The van der Waals surface area contributed by atoms with Crippen LogP contribution >= 0.6 is 0 Å². The zero-order valence-corrected chi connectivity index (χ0v) is 12.3. The molecule has 0 aliphatic carbocycles. The van der Waals surface area contributed by atoms with Crippen LogP contribution in [0.5, 0.6) is 5.75 Å². The molecule has 0 radical (unpaired) electrons. The van der Waals surface area contributed by atoms with Crippen LogP contribution in [0.3, 0.4) is 0 Å². The summed E-state index contributed by atoms with van der Waals surface area (Å²) in [7, 11) is 0. The van der Waals surface area contributed by atoms with E-state index in [1.54, 1.807) is 0 Å². The predicted octanol–water partition coefficient (Wildman–Crippen LogP) is 3.37. The van der Waals surface area contributed by atoms with E-state index in [9.17, 15) is 0 Å². The summed E-state index contributed by atoms with van der Waals surface area (Å²) in [5, 5.41) is 0. The summed E-state index contributed by atoms with van der Waals surface area (Å²) < 4.78 is 7.64. The molecule has 0 amide bonds. The van der Waals surface area contributed by atoms with Crippen molar-refractivity contribution in [3.8, 4) is 5.75 Å². The number of aryl methyl sites for hydroxylation is 1. The fourth-order valence-electron chi connectivity index (χ4n) is 2.45. The number of nitrogen functional groups attached to an aromatic ring is 1. The van der Waals surface area contributed by atoms with Crippen molar-refractivity contribution in [1.82, 2.24) is 9.55 Å². The number of imidazole rings is 1. The number of rotatable bonds is 4. The minimum Gasteiger partial charge on any atom is -0.492 e. The van der Waals surface area contributed by atoms with Crippen molar-refractivity contribution < 1.29 is 4.74 Å². The van der Waals surface area contributed by atoms with Crippen molar-refractivity contribution in [3.05, 3.63) is 53.6 Å². The molecule has 0 spiro atoms. The Kier molecular flexibility index (Phi) is 3.52. The number of nitrogens with two attached hydrogens (primary N) is 1. The van der Waals surface area contributed by atoms with Gasteiger partial charge in [0, 0.05) is 0 Å². The Morgan fingerprint density at radius 3 is 2.62 bits per heavy atom. The lowest BCUT2D eigenvalue weighted by molar-refractivity contribution is 0.343. The third-order valence-corrected chi connectivity index (χ3v) is 3.53. The Morgan fingerprint density at radius 1 is 1.14 bits per heavy atom. The molecule has 0 bridgehead atoms. The van der Waals surface area contributed by atoms with Gasteiger partial charge in [0.25, 0.3) is 0 Å². The van der Waals surface area contributed by atoms with Gasteiger partial charge in [-0.2, -0.15) is 0 Å². The lowest BCUT2D eigenvalue weighted by Crippen LogP contribution is -2.04. The van der Waals surface area contributed by atoms with E-state index < -0.39 is 0 Å². The molecule has 1 aromatic heterocycles. The zero-order valence-electron chi connectivity index (χ0n) is 12.3. The Morgan fingerprint density at radius 2 is 1.90 bits per heavy atom. The second-order valence-corrected chi connectivity index (χ2v) is 5.10. The van der Waals surface area contributed by atoms with Gasteiger partial charge in [0.2, 0.25) is 5.95 Å². The number of fused-ring (bicyclic) bond motifs is 1. The van der Waals surface area contributed by atoms with E-state index >= 15 is 0 Å². The second-order valence-electron chi connectivity index (χ2n) is 5.10. The number of hydrogen-bond acceptors (Lipinski definition) is 3. The highest BCUT2D eigenvalue weighted by Crippen LogP contribution is 2.27. The van der Waals surface area contributed by atoms with Crippen molar-refractivity contribution in [3.63, 3.8) is 0 Å². The van der Waals surface area contributed by atoms with Crippen LogP contribution in [0.4, 0.5) is 5.95 Å². The molecule has 0 unspecified atom stereocenters. The van der Waals surface area contributed by atoms with Gasteiger partial charge in [0.1, 0.15) is 11.3 Å². The topological polar surface area (TPSA) is 53.1 Å². The largest absolute Gasteiger partial charge is 0.492 e. The Labute approximate surface area is 124 Å². The summed E-state index contributed by atoms with van der Waals surface area (Å²) in [6.45, 7) is 5.37. The van der Waals surface area contributed by atoms with Crippen LogP contribution in [-0.2, 0) is 6.54 Å². The van der Waals surface area contributed by atoms with E-state index in [0.29, 0.717) is 19.1 Å². The fraction of sp³-hybridized carbons (Fsp3) is 0.235. The van der Waals surface area contributed by atoms with E-state index in [-0.39, 0.29) is 0 Å². The molecule has 3 aromatic rings. The smallest absolute Gasteiger partial charge is 0.201 e. The van der Waals surface area contributed by atoms with Gasteiger partial charge < -0.3 is 15.0 Å². The van der Waals surface area contributed by atoms with Gasteiger partial charge in [-0.1, -0.05) is 35.9 Å². The SMILES string of the molecule is CCOc1cccc2c1nc(N)n2Cc1ccc(C)cc1. The predicted molar refractivity (Wildman–Crippen MR) is 85.6 cm³/mol. The minimum atomic E-state index is 0.512. The number of para-hydroxylation sites is 1. The van der Waals surface area contributed by atoms with Gasteiger partial charge in [-0.25, -0.2) is 4.98 Å². The zero-order chi connectivity index (χ0) is 14.8. The molecule has 2 N–H and O–H groups in total.